The summed E-state index contributed by atoms with van der Waals surface area (Å²) in [5, 5.41) is 13.9. The van der Waals surface area contributed by atoms with Crippen molar-refractivity contribution in [1.29, 1.82) is 0 Å². The standard InChI is InChI=1S/BFH2O2.2H2O/c2-1(3)4;;/h3-4H;2*1H2. The third-order valence-electron chi connectivity index (χ3n) is 0. The summed E-state index contributed by atoms with van der Waals surface area (Å²) in [7, 11) is -2.67. The zero-order chi connectivity index (χ0) is 3.58. The van der Waals surface area contributed by atoms with Gasteiger partial charge in [-0.25, -0.2) is 0 Å². The fourth-order valence-electron chi connectivity index (χ4n) is 0. The lowest BCUT2D eigenvalue weighted by molar-refractivity contribution is 0.340. The van der Waals surface area contributed by atoms with Crippen LogP contribution in [0.25, 0.3) is 0 Å². The number of hydrogen-bond acceptors (Lipinski definition) is 2. The lowest BCUT2D eigenvalue weighted by Crippen LogP contribution is -1.98. The van der Waals surface area contributed by atoms with Crippen molar-refractivity contribution in [1.82, 2.24) is 0 Å². The predicted octanol–water partition coefficient (Wildman–Crippen LogP) is -2.72. The molecule has 0 spiro atoms. The summed E-state index contributed by atoms with van der Waals surface area (Å²) < 4.78 is 10.1. The van der Waals surface area contributed by atoms with Crippen molar-refractivity contribution >= 4 is 7.40 Å². The molecule has 0 aromatic heterocycles. The Morgan fingerprint density at radius 1 is 1.17 bits per heavy atom. The van der Waals surface area contributed by atoms with Crippen LogP contribution in [-0.2, 0) is 0 Å². The molecule has 0 fully saturated rings. The molecular formula is H6BFO4. The van der Waals surface area contributed by atoms with Crippen molar-refractivity contribution in [2.24, 2.45) is 0 Å². The smallest absolute Gasteiger partial charge is 0.412 e. The van der Waals surface area contributed by atoms with Crippen molar-refractivity contribution in [2.45, 2.75) is 0 Å². The van der Waals surface area contributed by atoms with E-state index in [1.165, 1.54) is 0 Å². The van der Waals surface area contributed by atoms with Gasteiger partial charge in [0.25, 0.3) is 0 Å². The first-order valence-electron chi connectivity index (χ1n) is 0.735. The molecule has 6 heavy (non-hydrogen) atoms. The van der Waals surface area contributed by atoms with Gasteiger partial charge in [0.05, 0.1) is 0 Å². The van der Waals surface area contributed by atoms with Gasteiger partial charge in [0, 0.05) is 0 Å². The fraction of sp³-hybridized carbons (Fsp3) is 0. The van der Waals surface area contributed by atoms with E-state index in [0.29, 0.717) is 0 Å². The summed E-state index contributed by atoms with van der Waals surface area (Å²) in [4.78, 5) is 0. The average Bonchev–Trinajstić information content (AvgIpc) is 0.811. The van der Waals surface area contributed by atoms with Gasteiger partial charge in [0.2, 0.25) is 0 Å². The molecule has 0 radical (unpaired) electrons. The normalized spacial score (nSPS) is 4.50. The molecule has 6 heteroatoms. The van der Waals surface area contributed by atoms with Crippen LogP contribution in [0.4, 0.5) is 4.32 Å². The second-order valence-corrected chi connectivity index (χ2v) is 0.311. The summed E-state index contributed by atoms with van der Waals surface area (Å²) in [6.45, 7) is 0. The van der Waals surface area contributed by atoms with E-state index in [9.17, 15) is 4.32 Å². The van der Waals surface area contributed by atoms with E-state index in [2.05, 4.69) is 0 Å². The van der Waals surface area contributed by atoms with Crippen LogP contribution in [0.3, 0.4) is 0 Å². The van der Waals surface area contributed by atoms with Gasteiger partial charge in [-0.15, -0.1) is 0 Å². The first-order chi connectivity index (χ1) is 1.73. The molecule has 6 N–H and O–H groups in total. The molecule has 4 nitrogen and oxygen atoms in total. The van der Waals surface area contributed by atoms with Crippen molar-refractivity contribution in [2.75, 3.05) is 0 Å². The molecule has 0 aromatic carbocycles. The second-order valence-electron chi connectivity index (χ2n) is 0.311. The summed E-state index contributed by atoms with van der Waals surface area (Å²) in [6.07, 6.45) is 0. The summed E-state index contributed by atoms with van der Waals surface area (Å²) >= 11 is 0. The predicted molar refractivity (Wildman–Crippen MR) is 18.5 cm³/mol. The largest absolute Gasteiger partial charge is 0.674 e. The van der Waals surface area contributed by atoms with E-state index in [1.54, 1.807) is 0 Å². The van der Waals surface area contributed by atoms with Gasteiger partial charge in [0.1, 0.15) is 0 Å². The SMILES string of the molecule is O.O.OB(O)F. The lowest BCUT2D eigenvalue weighted by atomic mass is 10.3. The Kier molecular flexibility index (Phi) is 25.0. The van der Waals surface area contributed by atoms with Crippen molar-refractivity contribution in [3.63, 3.8) is 0 Å². The zero-order valence-corrected chi connectivity index (χ0v) is 2.85. The molecule has 0 aromatic rings. The molecule has 0 saturated carbocycles. The lowest BCUT2D eigenvalue weighted by Gasteiger charge is -1.65. The Bertz CT molecular complexity index is 12.3. The van der Waals surface area contributed by atoms with Gasteiger partial charge in [-0.05, 0) is 0 Å². The molecule has 0 amide bonds. The first kappa shape index (κ1) is 17.0. The highest BCUT2D eigenvalue weighted by Gasteiger charge is 1.97. The highest BCUT2D eigenvalue weighted by molar-refractivity contribution is 6.31. The highest BCUT2D eigenvalue weighted by Crippen LogP contribution is 1.57. The number of hydrogen-bond donors (Lipinski definition) is 2. The van der Waals surface area contributed by atoms with Crippen LogP contribution in [0.2, 0.25) is 0 Å². The van der Waals surface area contributed by atoms with Gasteiger partial charge in [-0.3, -0.25) is 4.32 Å². The van der Waals surface area contributed by atoms with Gasteiger partial charge in [0.15, 0.2) is 0 Å². The Labute approximate surface area is 34.0 Å². The molecular weight excluding hydrogens is 93.8 g/mol. The van der Waals surface area contributed by atoms with E-state index in [0.717, 1.165) is 0 Å². The quantitative estimate of drug-likeness (QED) is 0.322. The van der Waals surface area contributed by atoms with E-state index < -0.39 is 7.40 Å². The van der Waals surface area contributed by atoms with E-state index in [-0.39, 0.29) is 11.0 Å². The fourth-order valence-corrected chi connectivity index (χ4v) is 0. The Morgan fingerprint density at radius 2 is 1.17 bits per heavy atom. The van der Waals surface area contributed by atoms with Gasteiger partial charge in [-0.2, -0.15) is 0 Å². The van der Waals surface area contributed by atoms with Crippen molar-refractivity contribution in [3.05, 3.63) is 0 Å². The monoisotopic (exact) mass is 100 g/mol. The number of rotatable bonds is 0. The minimum atomic E-state index is -2.67. The van der Waals surface area contributed by atoms with Crippen molar-refractivity contribution in [3.8, 4) is 0 Å². The Morgan fingerprint density at radius 3 is 1.17 bits per heavy atom. The maximum absolute atomic E-state index is 10.1. The third-order valence-corrected chi connectivity index (χ3v) is 0. The maximum Gasteiger partial charge on any atom is 0.674 e. The third kappa shape index (κ3) is 1130. The maximum atomic E-state index is 10.1. The molecule has 40 valence electrons. The van der Waals surface area contributed by atoms with Crippen LogP contribution in [-0.4, -0.2) is 28.4 Å². The van der Waals surface area contributed by atoms with Crippen LogP contribution in [0, 0.1) is 0 Å². The van der Waals surface area contributed by atoms with Crippen LogP contribution < -0.4 is 0 Å². The minimum absolute atomic E-state index is 0. The van der Waals surface area contributed by atoms with Gasteiger partial charge < -0.3 is 21.0 Å². The molecule has 0 aliphatic rings. The summed E-state index contributed by atoms with van der Waals surface area (Å²) in [6, 6.07) is 0. The summed E-state index contributed by atoms with van der Waals surface area (Å²) in [5.41, 5.74) is 0. The van der Waals surface area contributed by atoms with Crippen LogP contribution >= 0.6 is 0 Å². The van der Waals surface area contributed by atoms with E-state index in [1.807, 2.05) is 0 Å². The molecule has 0 bridgehead atoms. The van der Waals surface area contributed by atoms with E-state index >= 15 is 0 Å². The van der Waals surface area contributed by atoms with Crippen LogP contribution in [0.1, 0.15) is 0 Å². The second kappa shape index (κ2) is 8.85. The molecule has 0 saturated heterocycles. The van der Waals surface area contributed by atoms with Crippen LogP contribution in [0.15, 0.2) is 0 Å². The number of halogens is 1. The van der Waals surface area contributed by atoms with Crippen molar-refractivity contribution < 1.29 is 25.3 Å². The molecule has 0 atom stereocenters. The average molecular weight is 99.9 g/mol. The molecule has 0 heterocycles. The van der Waals surface area contributed by atoms with E-state index in [4.69, 9.17) is 10.0 Å². The Balaban J connectivity index is -0.0000000450. The summed E-state index contributed by atoms with van der Waals surface area (Å²) in [5.74, 6) is 0. The highest BCUT2D eigenvalue weighted by atomic mass is 19.1. The Hall–Kier alpha value is -0.165. The topological polar surface area (TPSA) is 103 Å². The molecule has 0 aliphatic carbocycles. The minimum Gasteiger partial charge on any atom is -0.412 e. The van der Waals surface area contributed by atoms with Crippen LogP contribution in [0.5, 0.6) is 0 Å². The van der Waals surface area contributed by atoms with Gasteiger partial charge in [-0.1, -0.05) is 0 Å². The first-order valence-corrected chi connectivity index (χ1v) is 0.735. The molecule has 0 rings (SSSR count). The molecule has 0 unspecified atom stereocenters. The molecule has 0 aliphatic heterocycles. The zero-order valence-electron chi connectivity index (χ0n) is 2.85. The van der Waals surface area contributed by atoms with Gasteiger partial charge >= 0.3 is 7.40 Å².